The summed E-state index contributed by atoms with van der Waals surface area (Å²) < 4.78 is 0. The number of nitrogens with one attached hydrogen (secondary N) is 3. The van der Waals surface area contributed by atoms with Gasteiger partial charge in [-0.3, -0.25) is 24.7 Å². The molecule has 2 heterocycles. The minimum Gasteiger partial charge on any atom is -0.361 e. The van der Waals surface area contributed by atoms with Crippen LogP contribution in [0.2, 0.25) is 0 Å². The van der Waals surface area contributed by atoms with Crippen molar-refractivity contribution in [2.75, 3.05) is 19.6 Å². The van der Waals surface area contributed by atoms with E-state index in [9.17, 15) is 9.59 Å². The number of hydrogen-bond acceptors (Lipinski definition) is 5. The Labute approximate surface area is 209 Å². The van der Waals surface area contributed by atoms with Crippen molar-refractivity contribution in [3.05, 3.63) is 108 Å². The van der Waals surface area contributed by atoms with E-state index in [4.69, 9.17) is 5.21 Å². The second kappa shape index (κ2) is 12.4. The van der Waals surface area contributed by atoms with E-state index in [1.54, 1.807) is 36.1 Å². The second-order valence-electron chi connectivity index (χ2n) is 8.43. The summed E-state index contributed by atoms with van der Waals surface area (Å²) in [5, 5.41) is 12.8. The maximum absolute atomic E-state index is 12.4. The monoisotopic (exact) mass is 483 g/mol. The molecule has 0 aliphatic carbocycles. The van der Waals surface area contributed by atoms with Gasteiger partial charge in [0.1, 0.15) is 0 Å². The fourth-order valence-corrected chi connectivity index (χ4v) is 4.02. The predicted octanol–water partition coefficient (Wildman–Crippen LogP) is 3.56. The fraction of sp³-hybridized carbons (Fsp3) is 0.179. The van der Waals surface area contributed by atoms with E-state index in [1.165, 1.54) is 17.0 Å². The van der Waals surface area contributed by atoms with E-state index in [0.717, 1.165) is 29.6 Å². The molecule has 4 aromatic rings. The number of amides is 2. The summed E-state index contributed by atoms with van der Waals surface area (Å²) in [5.74, 6) is -0.710. The van der Waals surface area contributed by atoms with E-state index >= 15 is 0 Å². The first-order valence-corrected chi connectivity index (χ1v) is 11.8. The number of rotatable bonds is 11. The maximum atomic E-state index is 12.4. The second-order valence-corrected chi connectivity index (χ2v) is 8.43. The number of carbonyl (C=O) groups excluding carboxylic acids is 2. The highest BCUT2D eigenvalue weighted by molar-refractivity contribution is 5.93. The lowest BCUT2D eigenvalue weighted by Crippen LogP contribution is -2.35. The van der Waals surface area contributed by atoms with Crippen LogP contribution in [0.25, 0.3) is 17.0 Å². The third-order valence-electron chi connectivity index (χ3n) is 5.93. The number of para-hydroxylation sites is 1. The van der Waals surface area contributed by atoms with Crippen LogP contribution in [0.5, 0.6) is 0 Å². The van der Waals surface area contributed by atoms with E-state index < -0.39 is 5.91 Å². The van der Waals surface area contributed by atoms with E-state index in [2.05, 4.69) is 38.5 Å². The number of nitrogens with zero attached hydrogens (tertiary/aromatic N) is 2. The van der Waals surface area contributed by atoms with Gasteiger partial charge in [0.15, 0.2) is 0 Å². The van der Waals surface area contributed by atoms with Crippen molar-refractivity contribution < 1.29 is 14.8 Å². The molecular formula is C28H29N5O3. The third kappa shape index (κ3) is 6.88. The van der Waals surface area contributed by atoms with Crippen molar-refractivity contribution in [1.29, 1.82) is 0 Å². The molecule has 184 valence electrons. The van der Waals surface area contributed by atoms with Gasteiger partial charge < -0.3 is 10.3 Å². The number of hydrogen-bond donors (Lipinski definition) is 4. The van der Waals surface area contributed by atoms with Gasteiger partial charge in [-0.15, -0.1) is 0 Å². The average Bonchev–Trinajstić information content (AvgIpc) is 3.34. The molecule has 4 N–H and O–H groups in total. The van der Waals surface area contributed by atoms with Gasteiger partial charge in [0.2, 0.25) is 0 Å². The van der Waals surface area contributed by atoms with Crippen LogP contribution in [-0.2, 0) is 17.8 Å². The Bertz CT molecular complexity index is 1320. The van der Waals surface area contributed by atoms with E-state index in [0.29, 0.717) is 25.2 Å². The van der Waals surface area contributed by atoms with Crippen molar-refractivity contribution in [3.63, 3.8) is 0 Å². The van der Waals surface area contributed by atoms with Crippen molar-refractivity contribution in [2.45, 2.75) is 13.0 Å². The molecule has 0 saturated carbocycles. The van der Waals surface area contributed by atoms with Crippen LogP contribution >= 0.6 is 0 Å². The van der Waals surface area contributed by atoms with Gasteiger partial charge in [-0.2, -0.15) is 0 Å². The molecule has 0 atom stereocenters. The normalized spacial score (nSPS) is 11.3. The number of pyridine rings is 1. The van der Waals surface area contributed by atoms with Crippen molar-refractivity contribution >= 4 is 28.8 Å². The van der Waals surface area contributed by atoms with Crippen molar-refractivity contribution in [3.8, 4) is 0 Å². The highest BCUT2D eigenvalue weighted by Crippen LogP contribution is 2.19. The highest BCUT2D eigenvalue weighted by atomic mass is 16.5. The zero-order valence-corrected chi connectivity index (χ0v) is 19.9. The first-order valence-electron chi connectivity index (χ1n) is 11.8. The Kier molecular flexibility index (Phi) is 8.58. The molecular weight excluding hydrogens is 454 g/mol. The lowest BCUT2D eigenvalue weighted by Gasteiger charge is -2.23. The topological polar surface area (TPSA) is 110 Å². The van der Waals surface area contributed by atoms with Crippen LogP contribution in [0.4, 0.5) is 0 Å². The van der Waals surface area contributed by atoms with Gasteiger partial charge in [0.25, 0.3) is 11.8 Å². The first-order chi connectivity index (χ1) is 17.6. The minimum atomic E-state index is -0.573. The number of benzene rings is 2. The first kappa shape index (κ1) is 24.8. The molecule has 0 fully saturated rings. The Morgan fingerprint density at radius 3 is 2.64 bits per heavy atom. The van der Waals surface area contributed by atoms with Crippen LogP contribution in [0.3, 0.4) is 0 Å². The summed E-state index contributed by atoms with van der Waals surface area (Å²) in [6.07, 6.45) is 9.05. The molecule has 4 rings (SSSR count). The average molecular weight is 484 g/mol. The molecule has 36 heavy (non-hydrogen) atoms. The molecule has 8 heteroatoms. The van der Waals surface area contributed by atoms with Crippen molar-refractivity contribution in [2.24, 2.45) is 0 Å². The molecule has 0 radical (unpaired) electrons. The Morgan fingerprint density at radius 1 is 1.03 bits per heavy atom. The van der Waals surface area contributed by atoms with Gasteiger partial charge in [0, 0.05) is 61.7 Å². The highest BCUT2D eigenvalue weighted by Gasteiger charge is 2.11. The van der Waals surface area contributed by atoms with Crippen LogP contribution in [0, 0.1) is 0 Å². The van der Waals surface area contributed by atoms with E-state index in [-0.39, 0.29) is 5.91 Å². The minimum absolute atomic E-state index is 0.136. The van der Waals surface area contributed by atoms with Crippen LogP contribution < -0.4 is 10.8 Å². The van der Waals surface area contributed by atoms with Gasteiger partial charge in [0.05, 0.1) is 5.56 Å². The third-order valence-corrected chi connectivity index (χ3v) is 5.93. The fourth-order valence-electron chi connectivity index (χ4n) is 4.02. The zero-order chi connectivity index (χ0) is 25.2. The number of carbonyl (C=O) groups is 2. The number of hydroxylamine groups is 1. The molecule has 2 amide bonds. The standard InChI is InChI=1S/C28H29N5O3/c34-27(32-36)12-11-21-7-9-22(10-8-21)20-33(17-15-30-28(35)24-4-3-14-29-18-24)16-13-23-19-31-26-6-2-1-5-25(23)26/h1-12,14,18-19,31,36H,13,15-17,20H2,(H,30,35)(H,32,34)/b12-11+. The number of aromatic amines is 1. The molecule has 0 aliphatic rings. The summed E-state index contributed by atoms with van der Waals surface area (Å²) in [7, 11) is 0. The van der Waals surface area contributed by atoms with Crippen LogP contribution in [-0.4, -0.2) is 51.5 Å². The molecule has 0 saturated heterocycles. The summed E-state index contributed by atoms with van der Waals surface area (Å²) in [6.45, 7) is 2.74. The molecule has 0 aliphatic heterocycles. The number of aromatic nitrogens is 2. The van der Waals surface area contributed by atoms with Gasteiger partial charge >= 0.3 is 0 Å². The number of H-pyrrole nitrogens is 1. The maximum Gasteiger partial charge on any atom is 0.267 e. The quantitative estimate of drug-likeness (QED) is 0.148. The molecule has 8 nitrogen and oxygen atoms in total. The summed E-state index contributed by atoms with van der Waals surface area (Å²) in [6, 6.07) is 19.7. The Morgan fingerprint density at radius 2 is 1.86 bits per heavy atom. The smallest absolute Gasteiger partial charge is 0.267 e. The summed E-state index contributed by atoms with van der Waals surface area (Å²) in [4.78, 5) is 33.3. The molecule has 2 aromatic heterocycles. The Balaban J connectivity index is 1.40. The molecule has 2 aromatic carbocycles. The molecule has 0 unspecified atom stereocenters. The molecule has 0 bridgehead atoms. The van der Waals surface area contributed by atoms with Crippen LogP contribution in [0.1, 0.15) is 27.0 Å². The van der Waals surface area contributed by atoms with Gasteiger partial charge in [-0.05, 0) is 47.4 Å². The largest absolute Gasteiger partial charge is 0.361 e. The summed E-state index contributed by atoms with van der Waals surface area (Å²) >= 11 is 0. The SMILES string of the molecule is O=C(/C=C/c1ccc(CN(CCNC(=O)c2cccnc2)CCc2c[nH]c3ccccc23)cc1)NO. The summed E-state index contributed by atoms with van der Waals surface area (Å²) in [5.41, 5.74) is 6.49. The van der Waals surface area contributed by atoms with Crippen molar-refractivity contribution in [1.82, 2.24) is 25.7 Å². The van der Waals surface area contributed by atoms with Crippen LogP contribution in [0.15, 0.2) is 85.3 Å². The van der Waals surface area contributed by atoms with E-state index in [1.807, 2.05) is 36.4 Å². The van der Waals surface area contributed by atoms with Gasteiger partial charge in [-0.25, -0.2) is 5.48 Å². The van der Waals surface area contributed by atoms with Gasteiger partial charge in [-0.1, -0.05) is 42.5 Å². The lowest BCUT2D eigenvalue weighted by atomic mass is 10.1. The predicted molar refractivity (Wildman–Crippen MR) is 139 cm³/mol. The zero-order valence-electron chi connectivity index (χ0n) is 19.9. The lowest BCUT2D eigenvalue weighted by molar-refractivity contribution is -0.124. The molecule has 0 spiro atoms. The Hall–Kier alpha value is -4.27. The number of fused-ring (bicyclic) bond motifs is 1.